The topological polar surface area (TPSA) is 46.5 Å². The molecule has 15 heavy (non-hydrogen) atoms. The summed E-state index contributed by atoms with van der Waals surface area (Å²) in [4.78, 5) is 9.43. The van der Waals surface area contributed by atoms with Gasteiger partial charge >= 0.3 is 37.2 Å². The fourth-order valence-corrected chi connectivity index (χ4v) is 2.02. The molecule has 0 amide bonds. The standard InChI is InChI=1S/C10H11O3P.Na/c1-3-9-5-7-10(8-6-9)14(11,12)13-4-2;/h1,5-8H,4H2,2H3,(H,11,12);/q;+1. The number of hydrogen-bond donors (Lipinski definition) is 1. The van der Waals surface area contributed by atoms with Gasteiger partial charge in [-0.05, 0) is 31.2 Å². The van der Waals surface area contributed by atoms with Gasteiger partial charge in [-0.3, -0.25) is 4.57 Å². The largest absolute Gasteiger partial charge is 1.00 e. The molecule has 1 N–H and O–H groups in total. The molecule has 0 aliphatic carbocycles. The molecule has 5 heteroatoms. The summed E-state index contributed by atoms with van der Waals surface area (Å²) in [6.45, 7) is 1.86. The maximum absolute atomic E-state index is 11.5. The van der Waals surface area contributed by atoms with E-state index < -0.39 is 7.60 Å². The van der Waals surface area contributed by atoms with Crippen molar-refractivity contribution in [3.05, 3.63) is 29.8 Å². The number of rotatable bonds is 3. The Bertz CT molecular complexity index is 394. The van der Waals surface area contributed by atoms with Crippen LogP contribution in [0, 0.1) is 12.3 Å². The minimum absolute atomic E-state index is 0. The molecule has 0 saturated carbocycles. The maximum Gasteiger partial charge on any atom is 1.00 e. The van der Waals surface area contributed by atoms with Crippen LogP contribution in [0.1, 0.15) is 12.5 Å². The Labute approximate surface area is 112 Å². The van der Waals surface area contributed by atoms with Crippen LogP contribution in [0.15, 0.2) is 24.3 Å². The summed E-state index contributed by atoms with van der Waals surface area (Å²) in [5, 5.41) is 0.262. The minimum Gasteiger partial charge on any atom is -0.321 e. The van der Waals surface area contributed by atoms with Gasteiger partial charge in [0.1, 0.15) is 0 Å². The van der Waals surface area contributed by atoms with E-state index in [0.717, 1.165) is 0 Å². The Morgan fingerprint density at radius 3 is 2.40 bits per heavy atom. The predicted octanol–water partition coefficient (Wildman–Crippen LogP) is -1.48. The zero-order valence-corrected chi connectivity index (χ0v) is 11.7. The minimum atomic E-state index is -3.64. The number of terminal acetylenes is 1. The van der Waals surface area contributed by atoms with Gasteiger partial charge in [0.05, 0.1) is 11.9 Å². The third-order valence-electron chi connectivity index (χ3n) is 1.66. The maximum atomic E-state index is 11.5. The van der Waals surface area contributed by atoms with Gasteiger partial charge in [0.2, 0.25) is 0 Å². The van der Waals surface area contributed by atoms with Crippen molar-refractivity contribution in [3.8, 4) is 12.3 Å². The molecular weight excluding hydrogens is 222 g/mol. The van der Waals surface area contributed by atoms with Crippen molar-refractivity contribution >= 4 is 12.9 Å². The molecule has 0 aliphatic rings. The average molecular weight is 233 g/mol. The van der Waals surface area contributed by atoms with Crippen molar-refractivity contribution in [1.29, 1.82) is 0 Å². The van der Waals surface area contributed by atoms with Gasteiger partial charge in [0, 0.05) is 5.56 Å². The first-order chi connectivity index (χ1) is 6.60. The second-order valence-electron chi connectivity index (χ2n) is 2.63. The van der Waals surface area contributed by atoms with Crippen molar-refractivity contribution in [2.45, 2.75) is 6.92 Å². The van der Waals surface area contributed by atoms with Gasteiger partial charge in [-0.15, -0.1) is 6.42 Å². The monoisotopic (exact) mass is 233 g/mol. The Morgan fingerprint density at radius 1 is 1.47 bits per heavy atom. The molecule has 3 nitrogen and oxygen atoms in total. The summed E-state index contributed by atoms with van der Waals surface area (Å²) in [6, 6.07) is 6.23. The molecular formula is C10H11NaO3P+. The third-order valence-corrected chi connectivity index (χ3v) is 3.22. The molecule has 0 fully saturated rings. The second kappa shape index (κ2) is 6.50. The number of hydrogen-bond acceptors (Lipinski definition) is 2. The fourth-order valence-electron chi connectivity index (χ4n) is 0.996. The van der Waals surface area contributed by atoms with E-state index in [1.165, 1.54) is 12.1 Å². The van der Waals surface area contributed by atoms with E-state index in [2.05, 4.69) is 5.92 Å². The van der Waals surface area contributed by atoms with Gasteiger partial charge in [0.25, 0.3) is 0 Å². The molecule has 0 saturated heterocycles. The molecule has 0 bridgehead atoms. The van der Waals surface area contributed by atoms with Gasteiger partial charge < -0.3 is 9.42 Å². The van der Waals surface area contributed by atoms with Crippen LogP contribution < -0.4 is 34.9 Å². The molecule has 1 unspecified atom stereocenters. The van der Waals surface area contributed by atoms with Crippen LogP contribution in [0.3, 0.4) is 0 Å². The summed E-state index contributed by atoms with van der Waals surface area (Å²) >= 11 is 0. The summed E-state index contributed by atoms with van der Waals surface area (Å²) in [5.74, 6) is 2.43. The summed E-state index contributed by atoms with van der Waals surface area (Å²) in [7, 11) is -3.64. The van der Waals surface area contributed by atoms with Gasteiger partial charge in [-0.1, -0.05) is 5.92 Å². The van der Waals surface area contributed by atoms with Crippen molar-refractivity contribution in [2.75, 3.05) is 6.61 Å². The first kappa shape index (κ1) is 14.9. The summed E-state index contributed by atoms with van der Waals surface area (Å²) < 4.78 is 16.2. The molecule has 1 atom stereocenters. The molecule has 0 spiro atoms. The van der Waals surface area contributed by atoms with Gasteiger partial charge in [0.15, 0.2) is 0 Å². The van der Waals surface area contributed by atoms with E-state index in [9.17, 15) is 9.46 Å². The SMILES string of the molecule is C#Cc1ccc(P(=O)(O)OCC)cc1.[Na+]. The third kappa shape index (κ3) is 4.12. The molecule has 0 heterocycles. The Kier molecular flexibility index (Phi) is 6.47. The van der Waals surface area contributed by atoms with E-state index >= 15 is 0 Å². The van der Waals surface area contributed by atoms with Crippen LogP contribution in [-0.2, 0) is 9.09 Å². The smallest absolute Gasteiger partial charge is 0.321 e. The van der Waals surface area contributed by atoms with Gasteiger partial charge in [-0.2, -0.15) is 0 Å². The predicted molar refractivity (Wildman–Crippen MR) is 55.5 cm³/mol. The summed E-state index contributed by atoms with van der Waals surface area (Å²) in [5.41, 5.74) is 0.672. The molecule has 1 rings (SSSR count). The Morgan fingerprint density at radius 2 is 2.00 bits per heavy atom. The molecule has 74 valence electrons. The zero-order chi connectivity index (χ0) is 10.6. The average Bonchev–Trinajstić information content (AvgIpc) is 2.18. The van der Waals surface area contributed by atoms with Crippen molar-refractivity contribution in [1.82, 2.24) is 0 Å². The van der Waals surface area contributed by atoms with Crippen LogP contribution in [-0.4, -0.2) is 11.5 Å². The summed E-state index contributed by atoms with van der Waals surface area (Å²) in [6.07, 6.45) is 5.15. The molecule has 0 aliphatic heterocycles. The Hall–Kier alpha value is -0.0700. The quantitative estimate of drug-likeness (QED) is 0.393. The van der Waals surface area contributed by atoms with E-state index in [4.69, 9.17) is 10.9 Å². The molecule has 0 radical (unpaired) electrons. The second-order valence-corrected chi connectivity index (χ2v) is 4.44. The first-order valence-electron chi connectivity index (χ1n) is 4.14. The van der Waals surface area contributed by atoms with E-state index in [-0.39, 0.29) is 41.5 Å². The fraction of sp³-hybridized carbons (Fsp3) is 0.200. The normalized spacial score (nSPS) is 13.4. The molecule has 0 aromatic heterocycles. The number of benzene rings is 1. The van der Waals surface area contributed by atoms with Crippen LogP contribution >= 0.6 is 7.60 Å². The molecule has 1 aromatic carbocycles. The first-order valence-corrected chi connectivity index (χ1v) is 5.72. The van der Waals surface area contributed by atoms with Crippen molar-refractivity contribution in [3.63, 3.8) is 0 Å². The van der Waals surface area contributed by atoms with E-state index in [1.807, 2.05) is 0 Å². The van der Waals surface area contributed by atoms with Crippen LogP contribution in [0.2, 0.25) is 0 Å². The van der Waals surface area contributed by atoms with Crippen molar-refractivity contribution < 1.29 is 43.5 Å². The van der Waals surface area contributed by atoms with Crippen molar-refractivity contribution in [2.24, 2.45) is 0 Å². The van der Waals surface area contributed by atoms with Gasteiger partial charge in [-0.25, -0.2) is 0 Å². The van der Waals surface area contributed by atoms with E-state index in [0.29, 0.717) is 5.56 Å². The van der Waals surface area contributed by atoms with Crippen LogP contribution in [0.4, 0.5) is 0 Å². The molecule has 1 aromatic rings. The van der Waals surface area contributed by atoms with Crippen LogP contribution in [0.25, 0.3) is 0 Å². The zero-order valence-electron chi connectivity index (χ0n) is 8.80. The Balaban J connectivity index is 0.00000196. The van der Waals surface area contributed by atoms with Crippen LogP contribution in [0.5, 0.6) is 0 Å². The van der Waals surface area contributed by atoms with E-state index in [1.54, 1.807) is 19.1 Å².